The second-order valence-corrected chi connectivity index (χ2v) is 3.50. The van der Waals surface area contributed by atoms with Crippen molar-refractivity contribution in [3.8, 4) is 0 Å². The fourth-order valence-electron chi connectivity index (χ4n) is 1.51. The summed E-state index contributed by atoms with van der Waals surface area (Å²) in [5.41, 5.74) is 6.99. The zero-order chi connectivity index (χ0) is 11.4. The molecular weight excluding hydrogens is 192 g/mol. The number of anilines is 2. The smallest absolute Gasteiger partial charge is 0.337 e. The van der Waals surface area contributed by atoms with Crippen molar-refractivity contribution < 1.29 is 9.90 Å². The Labute approximate surface area is 89.3 Å². The van der Waals surface area contributed by atoms with Crippen LogP contribution in [0.5, 0.6) is 0 Å². The molecule has 0 amide bonds. The van der Waals surface area contributed by atoms with Crippen LogP contribution in [0.15, 0.2) is 18.2 Å². The van der Waals surface area contributed by atoms with Crippen molar-refractivity contribution in [1.82, 2.24) is 0 Å². The van der Waals surface area contributed by atoms with Crippen LogP contribution in [0.2, 0.25) is 0 Å². The van der Waals surface area contributed by atoms with E-state index in [-0.39, 0.29) is 5.56 Å². The van der Waals surface area contributed by atoms with Crippen molar-refractivity contribution in [3.05, 3.63) is 23.8 Å². The minimum absolute atomic E-state index is 0.256. The van der Waals surface area contributed by atoms with Gasteiger partial charge in [0.25, 0.3) is 0 Å². The topological polar surface area (TPSA) is 66.6 Å². The number of nitrogens with two attached hydrogens (primary N) is 1. The molecule has 82 valence electrons. The number of carboxylic acid groups (broad SMARTS) is 1. The number of aromatic carboxylic acids is 1. The lowest BCUT2D eigenvalue weighted by molar-refractivity contribution is 0.0697. The largest absolute Gasteiger partial charge is 0.478 e. The second kappa shape index (κ2) is 4.68. The van der Waals surface area contributed by atoms with Gasteiger partial charge in [0.15, 0.2) is 0 Å². The molecule has 0 aliphatic rings. The molecule has 0 saturated heterocycles. The number of carbonyl (C=O) groups is 1. The zero-order valence-corrected chi connectivity index (χ0v) is 9.03. The van der Waals surface area contributed by atoms with Crippen LogP contribution in [0, 0.1) is 0 Å². The third-order valence-electron chi connectivity index (χ3n) is 2.22. The van der Waals surface area contributed by atoms with E-state index in [1.165, 1.54) is 6.07 Å². The molecule has 4 nitrogen and oxygen atoms in total. The fraction of sp³-hybridized carbons (Fsp3) is 0.364. The average Bonchev–Trinajstić information content (AvgIpc) is 2.17. The zero-order valence-electron chi connectivity index (χ0n) is 9.03. The predicted octanol–water partition coefficient (Wildman–Crippen LogP) is 1.81. The number of carboxylic acids is 1. The maximum Gasteiger partial charge on any atom is 0.337 e. The van der Waals surface area contributed by atoms with E-state index < -0.39 is 5.97 Å². The highest BCUT2D eigenvalue weighted by Crippen LogP contribution is 2.22. The van der Waals surface area contributed by atoms with Crippen molar-refractivity contribution in [3.63, 3.8) is 0 Å². The molecule has 0 aliphatic heterocycles. The lowest BCUT2D eigenvalue weighted by Crippen LogP contribution is -2.20. The Balaban J connectivity index is 3.10. The molecule has 0 bridgehead atoms. The van der Waals surface area contributed by atoms with E-state index in [0.29, 0.717) is 11.4 Å². The monoisotopic (exact) mass is 208 g/mol. The number of nitrogen functional groups attached to an aromatic ring is 1. The molecule has 1 aromatic carbocycles. The van der Waals surface area contributed by atoms with Gasteiger partial charge >= 0.3 is 5.97 Å². The minimum Gasteiger partial charge on any atom is -0.478 e. The van der Waals surface area contributed by atoms with Crippen molar-refractivity contribution >= 4 is 17.3 Å². The molecule has 1 aromatic rings. The number of hydrogen-bond donors (Lipinski definition) is 2. The quantitative estimate of drug-likeness (QED) is 0.740. The normalized spacial score (nSPS) is 10.0. The van der Waals surface area contributed by atoms with Gasteiger partial charge in [-0.1, -0.05) is 6.92 Å². The van der Waals surface area contributed by atoms with Gasteiger partial charge in [0.2, 0.25) is 0 Å². The third kappa shape index (κ3) is 2.62. The summed E-state index contributed by atoms with van der Waals surface area (Å²) in [5, 5.41) is 9.02. The van der Waals surface area contributed by atoms with Gasteiger partial charge in [0.05, 0.1) is 11.3 Å². The Hall–Kier alpha value is -1.71. The van der Waals surface area contributed by atoms with Gasteiger partial charge in [0.1, 0.15) is 0 Å². The summed E-state index contributed by atoms with van der Waals surface area (Å²) in [7, 11) is 1.88. The molecule has 4 heteroatoms. The minimum atomic E-state index is -0.944. The maximum absolute atomic E-state index is 11.0. The first-order valence-electron chi connectivity index (χ1n) is 4.90. The van der Waals surface area contributed by atoms with Crippen LogP contribution >= 0.6 is 0 Å². The Morgan fingerprint density at radius 3 is 2.73 bits per heavy atom. The van der Waals surface area contributed by atoms with Gasteiger partial charge in [-0.25, -0.2) is 4.79 Å². The van der Waals surface area contributed by atoms with Crippen LogP contribution in [-0.2, 0) is 0 Å². The summed E-state index contributed by atoms with van der Waals surface area (Å²) in [6, 6.07) is 4.95. The van der Waals surface area contributed by atoms with E-state index in [0.717, 1.165) is 13.0 Å². The van der Waals surface area contributed by atoms with Crippen LogP contribution < -0.4 is 10.6 Å². The van der Waals surface area contributed by atoms with Gasteiger partial charge in [-0.2, -0.15) is 0 Å². The molecule has 0 fully saturated rings. The van der Waals surface area contributed by atoms with Gasteiger partial charge in [-0.05, 0) is 24.6 Å². The fourth-order valence-corrected chi connectivity index (χ4v) is 1.51. The van der Waals surface area contributed by atoms with E-state index in [1.807, 2.05) is 18.9 Å². The van der Waals surface area contributed by atoms with Crippen molar-refractivity contribution in [1.29, 1.82) is 0 Å². The van der Waals surface area contributed by atoms with Crippen LogP contribution in [0.25, 0.3) is 0 Å². The SMILES string of the molecule is CCCN(C)c1ccc(N)cc1C(=O)O. The van der Waals surface area contributed by atoms with Crippen LogP contribution in [-0.4, -0.2) is 24.7 Å². The van der Waals surface area contributed by atoms with Gasteiger partial charge in [-0.15, -0.1) is 0 Å². The van der Waals surface area contributed by atoms with Crippen LogP contribution in [0.3, 0.4) is 0 Å². The van der Waals surface area contributed by atoms with Gasteiger partial charge in [0, 0.05) is 19.3 Å². The number of hydrogen-bond acceptors (Lipinski definition) is 3. The van der Waals surface area contributed by atoms with E-state index in [4.69, 9.17) is 10.8 Å². The van der Waals surface area contributed by atoms with E-state index in [2.05, 4.69) is 0 Å². The Kier molecular flexibility index (Phi) is 3.55. The Morgan fingerprint density at radius 1 is 1.53 bits per heavy atom. The summed E-state index contributed by atoms with van der Waals surface area (Å²) in [5.74, 6) is -0.944. The summed E-state index contributed by atoms with van der Waals surface area (Å²) >= 11 is 0. The third-order valence-corrected chi connectivity index (χ3v) is 2.22. The molecule has 1 rings (SSSR count). The standard InChI is InChI=1S/C11H16N2O2/c1-3-6-13(2)10-5-4-8(12)7-9(10)11(14)15/h4-5,7H,3,6,12H2,1-2H3,(H,14,15). The molecular formula is C11H16N2O2. The molecule has 0 heterocycles. The molecule has 0 aromatic heterocycles. The molecule has 0 spiro atoms. The van der Waals surface area contributed by atoms with Crippen molar-refractivity contribution in [2.75, 3.05) is 24.2 Å². The first kappa shape index (κ1) is 11.4. The maximum atomic E-state index is 11.0. The first-order chi connectivity index (χ1) is 7.06. The van der Waals surface area contributed by atoms with Gasteiger partial charge in [-0.3, -0.25) is 0 Å². The Bertz CT molecular complexity index is 364. The van der Waals surface area contributed by atoms with E-state index >= 15 is 0 Å². The highest BCUT2D eigenvalue weighted by Gasteiger charge is 2.12. The molecule has 0 saturated carbocycles. The number of nitrogens with zero attached hydrogens (tertiary/aromatic N) is 1. The summed E-state index contributed by atoms with van der Waals surface area (Å²) in [6.07, 6.45) is 0.972. The van der Waals surface area contributed by atoms with E-state index in [9.17, 15) is 4.79 Å². The van der Waals surface area contributed by atoms with Crippen molar-refractivity contribution in [2.45, 2.75) is 13.3 Å². The number of rotatable bonds is 4. The molecule has 15 heavy (non-hydrogen) atoms. The molecule has 0 unspecified atom stereocenters. The summed E-state index contributed by atoms with van der Waals surface area (Å²) < 4.78 is 0. The number of benzene rings is 1. The summed E-state index contributed by atoms with van der Waals surface area (Å²) in [6.45, 7) is 2.87. The second-order valence-electron chi connectivity index (χ2n) is 3.50. The van der Waals surface area contributed by atoms with Crippen LogP contribution in [0.1, 0.15) is 23.7 Å². The van der Waals surface area contributed by atoms with Crippen molar-refractivity contribution in [2.24, 2.45) is 0 Å². The van der Waals surface area contributed by atoms with E-state index in [1.54, 1.807) is 12.1 Å². The predicted molar refractivity (Wildman–Crippen MR) is 61.4 cm³/mol. The molecule has 0 radical (unpaired) electrons. The Morgan fingerprint density at radius 2 is 2.20 bits per heavy atom. The highest BCUT2D eigenvalue weighted by molar-refractivity contribution is 5.95. The van der Waals surface area contributed by atoms with Gasteiger partial charge < -0.3 is 15.7 Å². The summed E-state index contributed by atoms with van der Waals surface area (Å²) in [4.78, 5) is 12.9. The highest BCUT2D eigenvalue weighted by atomic mass is 16.4. The van der Waals surface area contributed by atoms with Crippen LogP contribution in [0.4, 0.5) is 11.4 Å². The first-order valence-corrected chi connectivity index (χ1v) is 4.90. The molecule has 0 aliphatic carbocycles. The lowest BCUT2D eigenvalue weighted by Gasteiger charge is -2.20. The molecule has 3 N–H and O–H groups in total. The lowest BCUT2D eigenvalue weighted by atomic mass is 10.1. The average molecular weight is 208 g/mol. The molecule has 0 atom stereocenters.